The summed E-state index contributed by atoms with van der Waals surface area (Å²) in [6, 6.07) is -4.36. The molecule has 1 aliphatic heterocycles. The number of aromatic nitrogens is 2. The fourth-order valence-corrected chi connectivity index (χ4v) is 3.50. The predicted octanol–water partition coefficient (Wildman–Crippen LogP) is -2.36. The number of imidazole rings is 1. The van der Waals surface area contributed by atoms with Crippen LogP contribution in [0.15, 0.2) is 12.5 Å². The molecular weight excluding hydrogens is 428 g/mol. The molecule has 1 aliphatic rings. The number of rotatable bonds is 10. The Bertz CT molecular complexity index is 789. The summed E-state index contributed by atoms with van der Waals surface area (Å²) in [5.41, 5.74) is 6.28. The zero-order valence-electron chi connectivity index (χ0n) is 17.0. The molecule has 1 aromatic rings. The fraction of sp³-hybridized carbons (Fsp3) is 0.611. The Balaban J connectivity index is 2.15. The first-order valence-electron chi connectivity index (χ1n) is 9.81. The molecule has 2 rings (SSSR count). The molecule has 2 heterocycles. The number of thiol groups is 1. The normalized spacial score (nSPS) is 19.9. The maximum Gasteiger partial charge on any atom is 0.327 e. The number of nitrogens with two attached hydrogens (primary N) is 1. The number of amides is 3. The molecule has 0 aliphatic carbocycles. The lowest BCUT2D eigenvalue weighted by atomic mass is 10.1. The molecule has 13 heteroatoms. The van der Waals surface area contributed by atoms with Crippen molar-refractivity contribution in [2.75, 3.05) is 12.3 Å². The number of aliphatic hydroxyl groups excluding tert-OH is 1. The quantitative estimate of drug-likeness (QED) is 0.190. The van der Waals surface area contributed by atoms with Crippen LogP contribution in [0.2, 0.25) is 0 Å². The number of carbonyl (C=O) groups excluding carboxylic acids is 3. The number of likely N-dealkylation sites (tertiary alicyclic amines) is 1. The first kappa shape index (κ1) is 24.6. The van der Waals surface area contributed by atoms with E-state index in [0.717, 1.165) is 0 Å². The number of hydrogen-bond donors (Lipinski definition) is 7. The van der Waals surface area contributed by atoms with E-state index >= 15 is 0 Å². The van der Waals surface area contributed by atoms with E-state index in [1.165, 1.54) is 24.3 Å². The smallest absolute Gasteiger partial charge is 0.327 e. The number of aliphatic carboxylic acids is 1. The third-order valence-electron chi connectivity index (χ3n) is 5.05. The van der Waals surface area contributed by atoms with Crippen LogP contribution >= 0.6 is 12.6 Å². The van der Waals surface area contributed by atoms with E-state index in [1.54, 1.807) is 0 Å². The van der Waals surface area contributed by atoms with Gasteiger partial charge in [0.05, 0.1) is 12.4 Å². The molecule has 1 saturated heterocycles. The Morgan fingerprint density at radius 2 is 2.06 bits per heavy atom. The summed E-state index contributed by atoms with van der Waals surface area (Å²) in [5.74, 6) is -3.21. The van der Waals surface area contributed by atoms with E-state index in [4.69, 9.17) is 10.8 Å². The molecule has 5 atom stereocenters. The van der Waals surface area contributed by atoms with Crippen LogP contribution in [0, 0.1) is 0 Å². The SMILES string of the molecule is CC(O)C(N)C(=O)N1CCCC1C(=O)NC(Cc1cnc[nH]1)C(=O)NC(CS)C(=O)O. The van der Waals surface area contributed by atoms with Crippen LogP contribution in [0.3, 0.4) is 0 Å². The van der Waals surface area contributed by atoms with Crippen LogP contribution < -0.4 is 16.4 Å². The lowest BCUT2D eigenvalue weighted by Crippen LogP contribution is -2.58. The Kier molecular flexibility index (Phi) is 8.83. The van der Waals surface area contributed by atoms with Crippen molar-refractivity contribution in [3.05, 3.63) is 18.2 Å². The van der Waals surface area contributed by atoms with Gasteiger partial charge in [-0.2, -0.15) is 12.6 Å². The van der Waals surface area contributed by atoms with Crippen molar-refractivity contribution in [3.63, 3.8) is 0 Å². The molecule has 1 fully saturated rings. The van der Waals surface area contributed by atoms with E-state index in [1.807, 2.05) is 0 Å². The minimum atomic E-state index is -1.25. The molecule has 0 aromatic carbocycles. The average Bonchev–Trinajstić information content (AvgIpc) is 3.41. The van der Waals surface area contributed by atoms with E-state index in [2.05, 4.69) is 33.2 Å². The van der Waals surface area contributed by atoms with Crippen LogP contribution in [-0.4, -0.2) is 91.3 Å². The van der Waals surface area contributed by atoms with E-state index in [0.29, 0.717) is 25.1 Å². The number of aromatic amines is 1. The zero-order valence-corrected chi connectivity index (χ0v) is 17.9. The van der Waals surface area contributed by atoms with Crippen molar-refractivity contribution >= 4 is 36.3 Å². The van der Waals surface area contributed by atoms with Crippen LogP contribution in [0.1, 0.15) is 25.5 Å². The van der Waals surface area contributed by atoms with Crippen LogP contribution in [0.4, 0.5) is 0 Å². The van der Waals surface area contributed by atoms with Crippen molar-refractivity contribution in [2.45, 2.75) is 56.5 Å². The van der Waals surface area contributed by atoms with Gasteiger partial charge in [-0.05, 0) is 19.8 Å². The molecule has 7 N–H and O–H groups in total. The largest absolute Gasteiger partial charge is 0.480 e. The van der Waals surface area contributed by atoms with Gasteiger partial charge in [-0.3, -0.25) is 14.4 Å². The molecule has 12 nitrogen and oxygen atoms in total. The van der Waals surface area contributed by atoms with Crippen LogP contribution in [0.25, 0.3) is 0 Å². The van der Waals surface area contributed by atoms with Gasteiger partial charge in [-0.15, -0.1) is 0 Å². The maximum atomic E-state index is 12.9. The minimum absolute atomic E-state index is 0.0321. The maximum absolute atomic E-state index is 12.9. The summed E-state index contributed by atoms with van der Waals surface area (Å²) < 4.78 is 0. The molecule has 3 amide bonds. The standard InChI is InChI=1S/C18H28N6O6S/c1-9(25)14(19)17(28)24-4-2-3-13(24)16(27)22-11(5-10-6-20-8-21-10)15(26)23-12(7-31)18(29)30/h6,8-9,11-14,25,31H,2-5,7,19H2,1H3,(H,20,21)(H,22,27)(H,23,26)(H,29,30). The molecule has 0 spiro atoms. The second-order valence-corrected chi connectivity index (χ2v) is 7.75. The number of H-pyrrole nitrogens is 1. The first-order chi connectivity index (χ1) is 14.6. The topological polar surface area (TPSA) is 191 Å². The molecule has 0 radical (unpaired) electrons. The fourth-order valence-electron chi connectivity index (χ4n) is 3.25. The summed E-state index contributed by atoms with van der Waals surface area (Å²) in [5, 5.41) is 23.7. The molecular formula is C18H28N6O6S. The second-order valence-electron chi connectivity index (χ2n) is 7.38. The third kappa shape index (κ3) is 6.42. The zero-order chi connectivity index (χ0) is 23.1. The van der Waals surface area contributed by atoms with Crippen LogP contribution in [0.5, 0.6) is 0 Å². The summed E-state index contributed by atoms with van der Waals surface area (Å²) in [4.78, 5) is 57.4. The molecule has 0 saturated carbocycles. The number of aliphatic hydroxyl groups is 1. The Morgan fingerprint density at radius 3 is 2.61 bits per heavy atom. The van der Waals surface area contributed by atoms with Crippen molar-refractivity contribution in [1.82, 2.24) is 25.5 Å². The Hall–Kier alpha value is -2.64. The number of nitrogens with zero attached hydrogens (tertiary/aromatic N) is 2. The molecule has 172 valence electrons. The number of carboxylic acid groups (broad SMARTS) is 1. The third-order valence-corrected chi connectivity index (χ3v) is 5.42. The highest BCUT2D eigenvalue weighted by Gasteiger charge is 2.38. The Labute approximate surface area is 184 Å². The van der Waals surface area contributed by atoms with Crippen molar-refractivity contribution in [3.8, 4) is 0 Å². The van der Waals surface area contributed by atoms with E-state index in [9.17, 15) is 24.3 Å². The number of hydrogen-bond acceptors (Lipinski definition) is 8. The van der Waals surface area contributed by atoms with Crippen molar-refractivity contribution in [2.24, 2.45) is 5.73 Å². The molecule has 31 heavy (non-hydrogen) atoms. The average molecular weight is 457 g/mol. The van der Waals surface area contributed by atoms with E-state index < -0.39 is 54.0 Å². The van der Waals surface area contributed by atoms with Crippen LogP contribution in [-0.2, 0) is 25.6 Å². The van der Waals surface area contributed by atoms with Gasteiger partial charge >= 0.3 is 5.97 Å². The lowest BCUT2D eigenvalue weighted by Gasteiger charge is -2.29. The van der Waals surface area contributed by atoms with Gasteiger partial charge in [0.2, 0.25) is 17.7 Å². The number of carbonyl (C=O) groups is 4. The van der Waals surface area contributed by atoms with Gasteiger partial charge in [0, 0.05) is 30.6 Å². The summed E-state index contributed by atoms with van der Waals surface area (Å²) in [6.07, 6.45) is 2.78. The van der Waals surface area contributed by atoms with Gasteiger partial charge in [0.15, 0.2) is 0 Å². The number of nitrogens with one attached hydrogen (secondary N) is 3. The number of carboxylic acids is 1. The molecule has 5 unspecified atom stereocenters. The van der Waals surface area contributed by atoms with Crippen molar-refractivity contribution < 1.29 is 29.4 Å². The molecule has 0 bridgehead atoms. The predicted molar refractivity (Wildman–Crippen MR) is 112 cm³/mol. The highest BCUT2D eigenvalue weighted by molar-refractivity contribution is 7.80. The summed E-state index contributed by atoms with van der Waals surface area (Å²) >= 11 is 3.92. The molecule has 1 aromatic heterocycles. The highest BCUT2D eigenvalue weighted by Crippen LogP contribution is 2.19. The summed E-state index contributed by atoms with van der Waals surface area (Å²) in [7, 11) is 0. The Morgan fingerprint density at radius 1 is 1.35 bits per heavy atom. The first-order valence-corrected chi connectivity index (χ1v) is 10.4. The lowest BCUT2D eigenvalue weighted by molar-refractivity contribution is -0.143. The monoisotopic (exact) mass is 456 g/mol. The van der Waals surface area contributed by atoms with Crippen molar-refractivity contribution in [1.29, 1.82) is 0 Å². The van der Waals surface area contributed by atoms with Gasteiger partial charge in [0.25, 0.3) is 0 Å². The van der Waals surface area contributed by atoms with Gasteiger partial charge in [-0.1, -0.05) is 0 Å². The van der Waals surface area contributed by atoms with E-state index in [-0.39, 0.29) is 12.2 Å². The van der Waals surface area contributed by atoms with Gasteiger partial charge < -0.3 is 36.5 Å². The van der Waals surface area contributed by atoms with Gasteiger partial charge in [-0.25, -0.2) is 9.78 Å². The second kappa shape index (κ2) is 11.1. The highest BCUT2D eigenvalue weighted by atomic mass is 32.1. The van der Waals surface area contributed by atoms with Gasteiger partial charge in [0.1, 0.15) is 24.2 Å². The minimum Gasteiger partial charge on any atom is -0.480 e. The summed E-state index contributed by atoms with van der Waals surface area (Å²) in [6.45, 7) is 1.69.